The number of carbonyl (C=O) groups is 4. The number of nitrogens with two attached hydrogens (primary N) is 1. The van der Waals surface area contributed by atoms with Gasteiger partial charge in [0, 0.05) is 24.7 Å². The third-order valence-electron chi connectivity index (χ3n) is 6.20. The van der Waals surface area contributed by atoms with Gasteiger partial charge in [0.05, 0.1) is 7.11 Å². The Morgan fingerprint density at radius 2 is 1.43 bits per heavy atom. The molecule has 1 aromatic rings. The maximum absolute atomic E-state index is 12.5. The topological polar surface area (TPSA) is 151 Å². The van der Waals surface area contributed by atoms with Crippen molar-refractivity contribution < 1.29 is 43.2 Å². The molecule has 10 heteroatoms. The Balaban J connectivity index is 3.37. The summed E-state index contributed by atoms with van der Waals surface area (Å²) in [6.45, 7) is 7.34. The average molecular weight is 524 g/mol. The van der Waals surface area contributed by atoms with Gasteiger partial charge >= 0.3 is 24.1 Å². The molecule has 0 radical (unpaired) electrons. The fraction of sp³-hybridized carbons (Fsp3) is 0.630. The lowest BCUT2D eigenvalue weighted by Crippen LogP contribution is -2.42. The van der Waals surface area contributed by atoms with Crippen LogP contribution in [0.2, 0.25) is 0 Å². The van der Waals surface area contributed by atoms with E-state index in [-0.39, 0.29) is 24.3 Å². The summed E-state index contributed by atoms with van der Waals surface area (Å²) in [5.41, 5.74) is 6.47. The second-order valence-corrected chi connectivity index (χ2v) is 9.09. The number of methoxy groups -OCH3 is 1. The molecular weight excluding hydrogens is 482 g/mol. The normalized spacial score (nSPS) is 14.1. The zero-order valence-corrected chi connectivity index (χ0v) is 22.5. The van der Waals surface area contributed by atoms with E-state index in [1.807, 2.05) is 13.8 Å². The summed E-state index contributed by atoms with van der Waals surface area (Å²) < 4.78 is 20.8. The molecule has 0 fully saturated rings. The number of rotatable bonds is 16. The monoisotopic (exact) mass is 523 g/mol. The fourth-order valence-electron chi connectivity index (χ4n) is 3.87. The molecule has 0 aliphatic carbocycles. The lowest BCUT2D eigenvalue weighted by molar-refractivity contribution is -0.140. The molecule has 10 nitrogen and oxygen atoms in total. The van der Waals surface area contributed by atoms with Crippen molar-refractivity contribution in [2.24, 2.45) is 11.7 Å². The molecule has 0 bridgehead atoms. The highest BCUT2D eigenvalue weighted by Gasteiger charge is 2.36. The first-order valence-electron chi connectivity index (χ1n) is 12.8. The van der Waals surface area contributed by atoms with E-state index in [2.05, 4.69) is 4.74 Å². The van der Waals surface area contributed by atoms with Crippen LogP contribution in [0.25, 0.3) is 0 Å². The molecule has 0 aliphatic rings. The maximum Gasteiger partial charge on any atom is 0.508 e. The minimum Gasteiger partial charge on any atom is -0.480 e. The van der Waals surface area contributed by atoms with Crippen LogP contribution in [0, 0.1) is 5.92 Å². The Kier molecular flexibility index (Phi) is 14.3. The number of esters is 2. The Morgan fingerprint density at radius 1 is 0.892 bits per heavy atom. The molecule has 0 aliphatic heterocycles. The van der Waals surface area contributed by atoms with Gasteiger partial charge in [0.15, 0.2) is 11.5 Å². The molecule has 3 unspecified atom stereocenters. The molecule has 0 spiro atoms. The molecular formula is C27H41NO9. The van der Waals surface area contributed by atoms with Gasteiger partial charge in [-0.05, 0) is 37.5 Å². The summed E-state index contributed by atoms with van der Waals surface area (Å²) in [4.78, 5) is 48.3. The molecule has 0 heterocycles. The van der Waals surface area contributed by atoms with Crippen molar-refractivity contribution in [1.82, 2.24) is 0 Å². The number of aliphatic carboxylic acids is 1. The minimum absolute atomic E-state index is 0.000770. The van der Waals surface area contributed by atoms with Crippen molar-refractivity contribution in [3.8, 4) is 11.5 Å². The van der Waals surface area contributed by atoms with Gasteiger partial charge in [0.2, 0.25) is 0 Å². The molecule has 0 amide bonds. The van der Waals surface area contributed by atoms with E-state index >= 15 is 0 Å². The highest BCUT2D eigenvalue weighted by Crippen LogP contribution is 2.37. The van der Waals surface area contributed by atoms with Crippen molar-refractivity contribution in [2.45, 2.75) is 97.1 Å². The number of carboxylic acid groups (broad SMARTS) is 1. The van der Waals surface area contributed by atoms with Gasteiger partial charge in [-0.3, -0.25) is 14.4 Å². The standard InChI is InChI=1S/C27H41NO9/c1-6-8-10-12-22(29)36-20-15-14-19(16-21(20)37-23(30)13-11-9-7-2)24(25(28)26(31)32)17(3)18(4)35-27(33)34-5/h14-18,24-25H,6-13,28H2,1-5H3,(H,31,32)/t17?,18?,24?,25-/m0/s1. The third-order valence-corrected chi connectivity index (χ3v) is 6.20. The van der Waals surface area contributed by atoms with Gasteiger partial charge in [0.1, 0.15) is 12.1 Å². The van der Waals surface area contributed by atoms with Crippen molar-refractivity contribution >= 4 is 24.1 Å². The summed E-state index contributed by atoms with van der Waals surface area (Å²) in [6.07, 6.45) is 3.67. The van der Waals surface area contributed by atoms with Crippen molar-refractivity contribution in [3.63, 3.8) is 0 Å². The van der Waals surface area contributed by atoms with E-state index in [0.717, 1.165) is 25.7 Å². The second kappa shape index (κ2) is 16.6. The zero-order valence-electron chi connectivity index (χ0n) is 22.5. The van der Waals surface area contributed by atoms with Crippen molar-refractivity contribution in [2.75, 3.05) is 7.11 Å². The van der Waals surface area contributed by atoms with Crippen LogP contribution in [0.3, 0.4) is 0 Å². The average Bonchev–Trinajstić information content (AvgIpc) is 2.85. The quantitative estimate of drug-likeness (QED) is 0.173. The van der Waals surface area contributed by atoms with Crippen LogP contribution in [-0.2, 0) is 23.9 Å². The third kappa shape index (κ3) is 10.8. The molecule has 1 aromatic carbocycles. The zero-order chi connectivity index (χ0) is 28.0. The minimum atomic E-state index is -1.37. The summed E-state index contributed by atoms with van der Waals surface area (Å²) >= 11 is 0. The molecule has 208 valence electrons. The van der Waals surface area contributed by atoms with E-state index in [4.69, 9.17) is 19.9 Å². The first-order valence-corrected chi connectivity index (χ1v) is 12.8. The van der Waals surface area contributed by atoms with Crippen LogP contribution in [0.15, 0.2) is 18.2 Å². The van der Waals surface area contributed by atoms with Gasteiger partial charge in [-0.1, -0.05) is 52.5 Å². The molecule has 1 rings (SSSR count). The van der Waals surface area contributed by atoms with Crippen molar-refractivity contribution in [1.29, 1.82) is 0 Å². The predicted molar refractivity (Wildman–Crippen MR) is 136 cm³/mol. The smallest absolute Gasteiger partial charge is 0.480 e. The number of unbranched alkanes of at least 4 members (excludes halogenated alkanes) is 4. The lowest BCUT2D eigenvalue weighted by Gasteiger charge is -2.31. The Labute approximate surface area is 218 Å². The highest BCUT2D eigenvalue weighted by molar-refractivity contribution is 5.77. The van der Waals surface area contributed by atoms with Crippen LogP contribution in [0.5, 0.6) is 11.5 Å². The second-order valence-electron chi connectivity index (χ2n) is 9.09. The summed E-state index contributed by atoms with van der Waals surface area (Å²) in [5, 5.41) is 9.67. The number of benzene rings is 1. The van der Waals surface area contributed by atoms with E-state index in [0.29, 0.717) is 18.4 Å². The molecule has 0 aromatic heterocycles. The van der Waals surface area contributed by atoms with Gasteiger partial charge in [0.25, 0.3) is 0 Å². The first kappa shape index (κ1) is 31.9. The van der Waals surface area contributed by atoms with E-state index in [9.17, 15) is 24.3 Å². The number of hydrogen-bond donors (Lipinski definition) is 2. The lowest BCUT2D eigenvalue weighted by atomic mass is 9.79. The van der Waals surface area contributed by atoms with Gasteiger partial charge < -0.3 is 29.8 Å². The maximum atomic E-state index is 12.5. The first-order chi connectivity index (χ1) is 17.5. The number of carboxylic acids is 1. The van der Waals surface area contributed by atoms with Crippen LogP contribution < -0.4 is 15.2 Å². The summed E-state index contributed by atoms with van der Waals surface area (Å²) in [5.74, 6) is -3.57. The molecule has 0 saturated carbocycles. The predicted octanol–water partition coefficient (Wildman–Crippen LogP) is 4.96. The number of ether oxygens (including phenoxy) is 4. The van der Waals surface area contributed by atoms with Gasteiger partial charge in [-0.2, -0.15) is 0 Å². The molecule has 4 atom stereocenters. The van der Waals surface area contributed by atoms with E-state index in [1.54, 1.807) is 19.9 Å². The molecule has 3 N–H and O–H groups in total. The largest absolute Gasteiger partial charge is 0.508 e. The Bertz CT molecular complexity index is 902. The van der Waals surface area contributed by atoms with E-state index in [1.165, 1.54) is 19.2 Å². The molecule has 0 saturated heterocycles. The summed E-state index contributed by atoms with van der Waals surface area (Å²) in [7, 11) is 1.17. The number of carbonyl (C=O) groups excluding carboxylic acids is 3. The summed E-state index contributed by atoms with van der Waals surface area (Å²) in [6, 6.07) is 3.12. The Hall–Kier alpha value is -3.14. The van der Waals surface area contributed by atoms with Crippen LogP contribution in [0.1, 0.15) is 90.5 Å². The fourth-order valence-corrected chi connectivity index (χ4v) is 3.87. The van der Waals surface area contributed by atoms with Crippen LogP contribution in [0.4, 0.5) is 4.79 Å². The van der Waals surface area contributed by atoms with Crippen LogP contribution >= 0.6 is 0 Å². The highest BCUT2D eigenvalue weighted by atomic mass is 16.7. The van der Waals surface area contributed by atoms with Crippen LogP contribution in [-0.4, -0.2) is 48.4 Å². The van der Waals surface area contributed by atoms with Crippen molar-refractivity contribution in [3.05, 3.63) is 23.8 Å². The van der Waals surface area contributed by atoms with E-state index < -0.39 is 48.0 Å². The van der Waals surface area contributed by atoms with Gasteiger partial charge in [-0.25, -0.2) is 4.79 Å². The SMILES string of the molecule is CCCCCC(=O)Oc1ccc(C(C(C)C(C)OC(=O)OC)[C@H](N)C(=O)O)cc1OC(=O)CCCCC. The van der Waals surface area contributed by atoms with Gasteiger partial charge in [-0.15, -0.1) is 0 Å². The Morgan fingerprint density at radius 3 is 1.92 bits per heavy atom. The molecule has 37 heavy (non-hydrogen) atoms. The number of hydrogen-bond acceptors (Lipinski definition) is 9.